The van der Waals surface area contributed by atoms with Gasteiger partial charge in [-0.25, -0.2) is 4.98 Å². The van der Waals surface area contributed by atoms with Crippen molar-refractivity contribution in [1.82, 2.24) is 4.98 Å². The zero-order chi connectivity index (χ0) is 14.1. The van der Waals surface area contributed by atoms with Crippen LogP contribution in [0.15, 0.2) is 18.2 Å². The Morgan fingerprint density at radius 1 is 1.50 bits per heavy atom. The Balaban J connectivity index is 1.67. The molecule has 0 aliphatic heterocycles. The maximum atomic E-state index is 12.1. The number of hydrogen-bond acceptors (Lipinski definition) is 4. The van der Waals surface area contributed by atoms with Gasteiger partial charge in [0.05, 0.1) is 15.2 Å². The first-order valence-electron chi connectivity index (χ1n) is 7.04. The average Bonchev–Trinajstić information content (AvgIpc) is 2.94. The Morgan fingerprint density at radius 3 is 3.10 bits per heavy atom. The molecular weight excluding hydrogens is 270 g/mol. The number of benzene rings is 1. The van der Waals surface area contributed by atoms with E-state index >= 15 is 0 Å². The molecule has 2 aromatic rings. The van der Waals surface area contributed by atoms with Crippen LogP contribution in [0.1, 0.15) is 30.7 Å². The first-order chi connectivity index (χ1) is 9.61. The van der Waals surface area contributed by atoms with E-state index in [1.165, 1.54) is 0 Å². The Bertz CT molecular complexity index is 637. The van der Waals surface area contributed by atoms with Gasteiger partial charge < -0.3 is 11.1 Å². The first-order valence-corrected chi connectivity index (χ1v) is 7.86. The molecule has 20 heavy (non-hydrogen) atoms. The molecule has 0 spiro atoms. The van der Waals surface area contributed by atoms with Crippen molar-refractivity contribution < 1.29 is 4.79 Å². The summed E-state index contributed by atoms with van der Waals surface area (Å²) in [5.74, 6) is 0.400. The Hall–Kier alpha value is -1.46. The van der Waals surface area contributed by atoms with E-state index < -0.39 is 0 Å². The molecule has 2 atom stereocenters. The minimum absolute atomic E-state index is 0.0629. The molecule has 5 heteroatoms. The molecule has 1 saturated carbocycles. The Morgan fingerprint density at radius 2 is 2.35 bits per heavy atom. The zero-order valence-electron chi connectivity index (χ0n) is 11.6. The van der Waals surface area contributed by atoms with E-state index in [1.54, 1.807) is 11.3 Å². The van der Waals surface area contributed by atoms with E-state index in [-0.39, 0.29) is 11.9 Å². The topological polar surface area (TPSA) is 68.0 Å². The molecule has 1 aliphatic carbocycles. The van der Waals surface area contributed by atoms with Crippen molar-refractivity contribution in [3.05, 3.63) is 23.2 Å². The Labute approximate surface area is 122 Å². The summed E-state index contributed by atoms with van der Waals surface area (Å²) in [5.41, 5.74) is 7.85. The maximum absolute atomic E-state index is 12.1. The van der Waals surface area contributed by atoms with Crippen LogP contribution in [-0.2, 0) is 4.79 Å². The molecule has 1 amide bonds. The van der Waals surface area contributed by atoms with Gasteiger partial charge >= 0.3 is 0 Å². The normalized spacial score (nSPS) is 22.3. The van der Waals surface area contributed by atoms with Gasteiger partial charge in [-0.15, -0.1) is 11.3 Å². The highest BCUT2D eigenvalue weighted by Gasteiger charge is 2.26. The predicted octanol–water partition coefficient (Wildman–Crippen LogP) is 3.06. The quantitative estimate of drug-likeness (QED) is 0.912. The fraction of sp³-hybridized carbons (Fsp3) is 0.467. The van der Waals surface area contributed by atoms with Crippen molar-refractivity contribution in [3.8, 4) is 0 Å². The summed E-state index contributed by atoms with van der Waals surface area (Å²) >= 11 is 1.64. The highest BCUT2D eigenvalue weighted by Crippen LogP contribution is 2.28. The molecule has 4 nitrogen and oxygen atoms in total. The predicted molar refractivity (Wildman–Crippen MR) is 82.9 cm³/mol. The lowest BCUT2D eigenvalue weighted by molar-refractivity contribution is -0.117. The van der Waals surface area contributed by atoms with Crippen molar-refractivity contribution in [1.29, 1.82) is 0 Å². The second kappa shape index (κ2) is 5.50. The highest BCUT2D eigenvalue weighted by molar-refractivity contribution is 7.18. The second-order valence-electron chi connectivity index (χ2n) is 5.52. The number of aromatic nitrogens is 1. The van der Waals surface area contributed by atoms with Crippen LogP contribution in [0.25, 0.3) is 10.2 Å². The largest absolute Gasteiger partial charge is 0.327 e. The summed E-state index contributed by atoms with van der Waals surface area (Å²) in [6.45, 7) is 1.99. The molecular formula is C15H19N3OS. The molecule has 106 valence electrons. The van der Waals surface area contributed by atoms with E-state index in [0.29, 0.717) is 12.3 Å². The third-order valence-corrected chi connectivity index (χ3v) is 4.88. The van der Waals surface area contributed by atoms with Gasteiger partial charge in [0.2, 0.25) is 5.91 Å². The number of hydrogen-bond donors (Lipinski definition) is 2. The van der Waals surface area contributed by atoms with Crippen LogP contribution in [0.4, 0.5) is 5.69 Å². The number of amides is 1. The Kier molecular flexibility index (Phi) is 3.72. The molecule has 3 N–H and O–H groups in total. The number of thiazole rings is 1. The van der Waals surface area contributed by atoms with Crippen molar-refractivity contribution in [2.24, 2.45) is 11.7 Å². The monoisotopic (exact) mass is 289 g/mol. The smallest absolute Gasteiger partial charge is 0.224 e. The lowest BCUT2D eigenvalue weighted by atomic mass is 10.00. The van der Waals surface area contributed by atoms with Gasteiger partial charge in [-0.05, 0) is 43.9 Å². The lowest BCUT2D eigenvalue weighted by Crippen LogP contribution is -2.28. The summed E-state index contributed by atoms with van der Waals surface area (Å²) in [5, 5.41) is 4.02. The summed E-state index contributed by atoms with van der Waals surface area (Å²) in [6.07, 6.45) is 3.79. The van der Waals surface area contributed by atoms with Crippen molar-refractivity contribution in [2.75, 3.05) is 5.32 Å². The SMILES string of the molecule is Cc1nc2ccc(NC(=O)C[C@@H]3CCC[C@H]3N)cc2s1. The summed E-state index contributed by atoms with van der Waals surface area (Å²) in [4.78, 5) is 16.5. The molecule has 1 fully saturated rings. The minimum Gasteiger partial charge on any atom is -0.327 e. The highest BCUT2D eigenvalue weighted by atomic mass is 32.1. The molecule has 1 heterocycles. The number of rotatable bonds is 3. The van der Waals surface area contributed by atoms with Crippen LogP contribution in [0.3, 0.4) is 0 Å². The molecule has 0 saturated heterocycles. The number of carbonyl (C=O) groups is 1. The van der Waals surface area contributed by atoms with Crippen LogP contribution >= 0.6 is 11.3 Å². The van der Waals surface area contributed by atoms with Gasteiger partial charge in [-0.3, -0.25) is 4.79 Å². The summed E-state index contributed by atoms with van der Waals surface area (Å²) < 4.78 is 1.11. The third-order valence-electron chi connectivity index (χ3n) is 3.94. The van der Waals surface area contributed by atoms with Crippen molar-refractivity contribution >= 4 is 33.1 Å². The fourth-order valence-corrected chi connectivity index (χ4v) is 3.75. The second-order valence-corrected chi connectivity index (χ2v) is 6.76. The van der Waals surface area contributed by atoms with Crippen LogP contribution in [-0.4, -0.2) is 16.9 Å². The van der Waals surface area contributed by atoms with Crippen LogP contribution in [0.5, 0.6) is 0 Å². The van der Waals surface area contributed by atoms with Gasteiger partial charge in [0, 0.05) is 18.2 Å². The summed E-state index contributed by atoms with van der Waals surface area (Å²) in [7, 11) is 0. The molecule has 1 aromatic carbocycles. The number of carbonyl (C=O) groups excluding carboxylic acids is 1. The molecule has 3 rings (SSSR count). The fourth-order valence-electron chi connectivity index (χ4n) is 2.89. The minimum atomic E-state index is 0.0629. The van der Waals surface area contributed by atoms with Gasteiger partial charge in [-0.1, -0.05) is 6.42 Å². The number of nitrogens with one attached hydrogen (secondary N) is 1. The zero-order valence-corrected chi connectivity index (χ0v) is 12.4. The van der Waals surface area contributed by atoms with Crippen LogP contribution in [0.2, 0.25) is 0 Å². The first kappa shape index (κ1) is 13.5. The number of anilines is 1. The third kappa shape index (κ3) is 2.83. The molecule has 0 bridgehead atoms. The molecule has 1 aliphatic rings. The van der Waals surface area contributed by atoms with Crippen molar-refractivity contribution in [3.63, 3.8) is 0 Å². The lowest BCUT2D eigenvalue weighted by Gasteiger charge is -2.14. The van der Waals surface area contributed by atoms with Gasteiger partial charge in [0.25, 0.3) is 0 Å². The van der Waals surface area contributed by atoms with Gasteiger partial charge in [-0.2, -0.15) is 0 Å². The van der Waals surface area contributed by atoms with Gasteiger partial charge in [0.1, 0.15) is 0 Å². The summed E-state index contributed by atoms with van der Waals surface area (Å²) in [6, 6.07) is 6.04. The van der Waals surface area contributed by atoms with E-state index in [1.807, 2.05) is 25.1 Å². The van der Waals surface area contributed by atoms with E-state index in [0.717, 1.165) is 40.2 Å². The number of nitrogens with zero attached hydrogens (tertiary/aromatic N) is 1. The molecule has 1 aromatic heterocycles. The van der Waals surface area contributed by atoms with Crippen LogP contribution in [0, 0.1) is 12.8 Å². The van der Waals surface area contributed by atoms with Gasteiger partial charge in [0.15, 0.2) is 0 Å². The van der Waals surface area contributed by atoms with Crippen molar-refractivity contribution in [2.45, 2.75) is 38.6 Å². The van der Waals surface area contributed by atoms with E-state index in [9.17, 15) is 4.79 Å². The van der Waals surface area contributed by atoms with E-state index in [2.05, 4.69) is 10.3 Å². The van der Waals surface area contributed by atoms with E-state index in [4.69, 9.17) is 5.73 Å². The van der Waals surface area contributed by atoms with Crippen LogP contribution < -0.4 is 11.1 Å². The standard InChI is InChI=1S/C15H19N3OS/c1-9-17-13-6-5-11(8-14(13)20-9)18-15(19)7-10-3-2-4-12(10)16/h5-6,8,10,12H,2-4,7,16H2,1H3,(H,18,19)/t10-,12+/m0/s1. The molecule has 0 unspecified atom stereocenters. The number of aryl methyl sites for hydroxylation is 1. The molecule has 0 radical (unpaired) electrons. The maximum Gasteiger partial charge on any atom is 0.224 e. The number of fused-ring (bicyclic) bond motifs is 1. The average molecular weight is 289 g/mol. The number of nitrogens with two attached hydrogens (primary N) is 1.